The Labute approximate surface area is 387 Å². The lowest BCUT2D eigenvalue weighted by molar-refractivity contribution is -0.197. The fourth-order valence-electron chi connectivity index (χ4n) is 3.67. The molecule has 64 heavy (non-hydrogen) atoms. The van der Waals surface area contributed by atoms with E-state index in [1.165, 1.54) is 0 Å². The van der Waals surface area contributed by atoms with Crippen LogP contribution in [-0.2, 0) is 76.7 Å². The molecular formula is C44H92N4O16. The van der Waals surface area contributed by atoms with Crippen molar-refractivity contribution < 1.29 is 76.7 Å². The van der Waals surface area contributed by atoms with Gasteiger partial charge in [0.15, 0.2) is 5.78 Å². The number of ketones is 1. The number of unbranched alkanes of at least 4 members (excludes halogenated alkanes) is 3. The molecule has 1 heterocycles. The van der Waals surface area contributed by atoms with Gasteiger partial charge in [-0.25, -0.2) is 22.5 Å². The SMILES string of the molecule is C.C=C.C=C.C=C.C=C.C=O.C=O.C=O.C=O.CC.CC.CC.NOCCCCOCC(COCCCCON)(COCCCCON)COCC(=O)CC(=O)ON1C(=O)CCC1=O. The highest BCUT2D eigenvalue weighted by Crippen LogP contribution is 2.22. The minimum Gasteiger partial charge on any atom is -0.381 e. The van der Waals surface area contributed by atoms with E-state index >= 15 is 0 Å². The summed E-state index contributed by atoms with van der Waals surface area (Å²) < 4.78 is 23.5. The van der Waals surface area contributed by atoms with Crippen molar-refractivity contribution >= 4 is 50.7 Å². The van der Waals surface area contributed by atoms with Crippen LogP contribution < -0.4 is 17.7 Å². The minimum absolute atomic E-state index is 0. The van der Waals surface area contributed by atoms with Gasteiger partial charge >= 0.3 is 5.97 Å². The molecule has 0 atom stereocenters. The first kappa shape index (κ1) is 90.3. The number of ether oxygens (including phenoxy) is 4. The summed E-state index contributed by atoms with van der Waals surface area (Å²) in [5, 5.41) is 0.395. The molecule has 6 N–H and O–H groups in total. The minimum atomic E-state index is -1.02. The predicted molar refractivity (Wildman–Crippen MR) is 255 cm³/mol. The van der Waals surface area contributed by atoms with Gasteiger partial charge in [-0.3, -0.25) is 14.4 Å². The van der Waals surface area contributed by atoms with Gasteiger partial charge in [-0.15, -0.1) is 57.7 Å². The molecule has 1 fully saturated rings. The molecule has 1 rings (SSSR count). The van der Waals surface area contributed by atoms with Crippen LogP contribution in [-0.4, -0.2) is 128 Å². The van der Waals surface area contributed by atoms with E-state index in [9.17, 15) is 19.2 Å². The average Bonchev–Trinajstić information content (AvgIpc) is 3.68. The molecule has 0 aromatic carbocycles. The summed E-state index contributed by atoms with van der Waals surface area (Å²) >= 11 is 0. The van der Waals surface area contributed by atoms with E-state index in [1.54, 1.807) is 0 Å². The Balaban J connectivity index is -0.000000102. The van der Waals surface area contributed by atoms with Crippen molar-refractivity contribution in [2.24, 2.45) is 23.1 Å². The summed E-state index contributed by atoms with van der Waals surface area (Å²) in [6.45, 7) is 46.8. The van der Waals surface area contributed by atoms with Crippen molar-refractivity contribution in [3.05, 3.63) is 52.6 Å². The molecule has 0 aromatic heterocycles. The van der Waals surface area contributed by atoms with E-state index in [2.05, 4.69) is 67.1 Å². The topological polar surface area (TPSA) is 292 Å². The van der Waals surface area contributed by atoms with Crippen LogP contribution in [0.3, 0.4) is 0 Å². The highest BCUT2D eigenvalue weighted by molar-refractivity contribution is 6.03. The smallest absolute Gasteiger partial charge is 0.340 e. The summed E-state index contributed by atoms with van der Waals surface area (Å²) in [6.07, 6.45) is 3.57. The normalized spacial score (nSPS) is 9.61. The maximum absolute atomic E-state index is 12.4. The first-order chi connectivity index (χ1) is 30.9. The molecule has 0 aromatic rings. The summed E-state index contributed by atoms with van der Waals surface area (Å²) in [5.41, 5.74) is -0.770. The number of nitrogens with zero attached hydrogens (tertiary/aromatic N) is 1. The van der Waals surface area contributed by atoms with Crippen molar-refractivity contribution in [1.82, 2.24) is 5.06 Å². The third-order valence-electron chi connectivity index (χ3n) is 5.84. The fraction of sp³-hybridized carbons (Fsp3) is 0.636. The molecule has 1 saturated heterocycles. The third kappa shape index (κ3) is 72.0. The lowest BCUT2D eigenvalue weighted by Crippen LogP contribution is -2.42. The summed E-state index contributed by atoms with van der Waals surface area (Å²) in [6, 6.07) is 0. The van der Waals surface area contributed by atoms with E-state index in [1.807, 2.05) is 68.7 Å². The second kappa shape index (κ2) is 97.7. The lowest BCUT2D eigenvalue weighted by Gasteiger charge is -2.33. The number of carbonyl (C=O) groups is 8. The molecule has 0 saturated carbocycles. The molecule has 0 spiro atoms. The number of amides is 2. The van der Waals surface area contributed by atoms with Crippen LogP contribution in [0, 0.1) is 5.41 Å². The van der Waals surface area contributed by atoms with Crippen LogP contribution in [0.15, 0.2) is 52.6 Å². The molecule has 0 unspecified atom stereocenters. The van der Waals surface area contributed by atoms with Crippen LogP contribution in [0.1, 0.15) is 107 Å². The zero-order valence-corrected chi connectivity index (χ0v) is 39.8. The molecule has 0 radical (unpaired) electrons. The van der Waals surface area contributed by atoms with Gasteiger partial charge in [0.25, 0.3) is 11.8 Å². The van der Waals surface area contributed by atoms with Crippen molar-refractivity contribution in [2.75, 3.05) is 72.7 Å². The van der Waals surface area contributed by atoms with Gasteiger partial charge in [-0.1, -0.05) is 49.0 Å². The quantitative estimate of drug-likeness (QED) is 0.0274. The molecular weight excluding hydrogens is 840 g/mol. The zero-order valence-electron chi connectivity index (χ0n) is 39.8. The lowest BCUT2D eigenvalue weighted by atomic mass is 9.92. The second-order valence-corrected chi connectivity index (χ2v) is 9.64. The van der Waals surface area contributed by atoms with Crippen molar-refractivity contribution in [3.8, 4) is 0 Å². The van der Waals surface area contributed by atoms with Crippen LogP contribution in [0.25, 0.3) is 0 Å². The Morgan fingerprint density at radius 1 is 0.500 bits per heavy atom. The summed E-state index contributed by atoms with van der Waals surface area (Å²) in [5.74, 6) is 12.3. The van der Waals surface area contributed by atoms with E-state index in [-0.39, 0.29) is 46.7 Å². The maximum atomic E-state index is 12.4. The maximum Gasteiger partial charge on any atom is 0.340 e. The number of rotatable bonds is 28. The number of hydroxylamine groups is 2. The highest BCUT2D eigenvalue weighted by Gasteiger charge is 2.34. The second-order valence-electron chi connectivity index (χ2n) is 9.64. The van der Waals surface area contributed by atoms with Gasteiger partial charge in [0.05, 0.1) is 51.7 Å². The Hall–Kier alpha value is -4.48. The number of hydrogen-bond donors (Lipinski definition) is 3. The van der Waals surface area contributed by atoms with Crippen LogP contribution in [0.2, 0.25) is 0 Å². The molecule has 20 nitrogen and oxygen atoms in total. The zero-order chi connectivity index (χ0) is 52.2. The Kier molecular flexibility index (Phi) is 138. The highest BCUT2D eigenvalue weighted by atomic mass is 16.7. The molecule has 20 heteroatoms. The Morgan fingerprint density at radius 2 is 0.750 bits per heavy atom. The molecule has 1 aliphatic heterocycles. The first-order valence-electron chi connectivity index (χ1n) is 19.9. The third-order valence-corrected chi connectivity index (χ3v) is 5.84. The average molecular weight is 933 g/mol. The van der Waals surface area contributed by atoms with Crippen LogP contribution >= 0.6 is 0 Å². The van der Waals surface area contributed by atoms with Crippen molar-refractivity contribution in [2.45, 2.75) is 107 Å². The van der Waals surface area contributed by atoms with Crippen molar-refractivity contribution in [3.63, 3.8) is 0 Å². The number of nitrogens with two attached hydrogens (primary N) is 3. The Bertz CT molecular complexity index is 816. The molecule has 2 amide bonds. The molecule has 0 bridgehead atoms. The van der Waals surface area contributed by atoms with Gasteiger partial charge in [0.1, 0.15) is 40.2 Å². The van der Waals surface area contributed by atoms with E-state index in [0.717, 1.165) is 38.5 Å². The van der Waals surface area contributed by atoms with Gasteiger partial charge in [-0.05, 0) is 38.5 Å². The van der Waals surface area contributed by atoms with E-state index in [4.69, 9.17) is 60.7 Å². The number of hydrogen-bond acceptors (Lipinski definition) is 19. The number of imide groups is 1. The van der Waals surface area contributed by atoms with Gasteiger partial charge in [0, 0.05) is 32.7 Å². The summed E-state index contributed by atoms with van der Waals surface area (Å²) in [4.78, 5) is 98.1. The van der Waals surface area contributed by atoms with Gasteiger partial charge < -0.3 is 57.5 Å². The molecule has 0 aliphatic carbocycles. The van der Waals surface area contributed by atoms with E-state index < -0.39 is 42.0 Å². The predicted octanol–water partition coefficient (Wildman–Crippen LogP) is 5.80. The Morgan fingerprint density at radius 3 is 1.02 bits per heavy atom. The van der Waals surface area contributed by atoms with Gasteiger partial charge in [0.2, 0.25) is 0 Å². The summed E-state index contributed by atoms with van der Waals surface area (Å²) in [7, 11) is 0. The van der Waals surface area contributed by atoms with Gasteiger partial charge in [-0.2, -0.15) is 0 Å². The van der Waals surface area contributed by atoms with Crippen molar-refractivity contribution in [1.29, 1.82) is 0 Å². The number of Topliss-reactive ketones (excluding diaryl/α,β-unsaturated/α-hetero) is 1. The fourth-order valence-corrected chi connectivity index (χ4v) is 3.67. The van der Waals surface area contributed by atoms with Crippen LogP contribution in [0.4, 0.5) is 0 Å². The largest absolute Gasteiger partial charge is 0.381 e. The van der Waals surface area contributed by atoms with E-state index in [0.29, 0.717) is 44.7 Å². The first-order valence-corrected chi connectivity index (χ1v) is 19.9. The number of carbonyl (C=O) groups excluding carboxylic acids is 8. The standard InChI is InChI=1S/C25H46N4O12.3C2H6.4C2H4.4CH2O.CH4/c26-38-12-4-1-9-34-17-25(18-35-10-2-5-13-39-27,19-36-11-3-6-14-40-28)20-37-16-21(30)15-24(33)41-29-22(31)7-8-23(29)32;11*1-2;/h1-20,26-28H2;3*1-2H3;4*1-2H2;4*1H2;1H4. The molecule has 384 valence electrons. The van der Waals surface area contributed by atoms with Crippen LogP contribution in [0.5, 0.6) is 0 Å². The monoisotopic (exact) mass is 933 g/mol. The molecule has 1 aliphatic rings.